The normalized spacial score (nSPS) is 15.4. The molecule has 3 aromatic rings. The minimum atomic E-state index is -4.60. The fourth-order valence-electron chi connectivity index (χ4n) is 4.47. The lowest BCUT2D eigenvalue weighted by Crippen LogP contribution is -2.61. The Bertz CT molecular complexity index is 1480. The number of methoxy groups -OCH3 is 2. The molecule has 218 valence electrons. The number of aliphatic carboxylic acids is 1. The van der Waals surface area contributed by atoms with Crippen LogP contribution < -0.4 is 30.7 Å². The van der Waals surface area contributed by atoms with Crippen molar-refractivity contribution in [3.05, 3.63) is 66.5 Å². The van der Waals surface area contributed by atoms with Gasteiger partial charge in [0.15, 0.2) is 0 Å². The van der Waals surface area contributed by atoms with Gasteiger partial charge in [0.25, 0.3) is 5.91 Å². The number of sulfone groups is 1. The molecule has 41 heavy (non-hydrogen) atoms. The largest absolute Gasteiger partial charge is 0.497 e. The van der Waals surface area contributed by atoms with Gasteiger partial charge >= 0.3 is 5.97 Å². The zero-order chi connectivity index (χ0) is 29.6. The zero-order valence-corrected chi connectivity index (χ0v) is 23.4. The molecule has 4 rings (SSSR count). The number of anilines is 2. The van der Waals surface area contributed by atoms with Gasteiger partial charge in [0.1, 0.15) is 11.5 Å². The highest BCUT2D eigenvalue weighted by atomic mass is 32.2. The Morgan fingerprint density at radius 3 is 2.32 bits per heavy atom. The predicted octanol–water partition coefficient (Wildman–Crippen LogP) is 1.52. The number of carboxylic acid groups (broad SMARTS) is 1. The van der Waals surface area contributed by atoms with Crippen LogP contribution in [0.4, 0.5) is 11.6 Å². The molecule has 2 aromatic carbocycles. The first-order valence-electron chi connectivity index (χ1n) is 12.7. The van der Waals surface area contributed by atoms with Crippen LogP contribution in [0.5, 0.6) is 11.5 Å². The lowest BCUT2D eigenvalue weighted by atomic mass is 10.0. The summed E-state index contributed by atoms with van der Waals surface area (Å²) in [4.78, 5) is 32.4. The number of aromatic nitrogens is 2. The van der Waals surface area contributed by atoms with Gasteiger partial charge in [-0.2, -0.15) is 0 Å². The van der Waals surface area contributed by atoms with Crippen LogP contribution in [0.3, 0.4) is 0 Å². The SMILES string of the molecule is COc1ccc(S(=O)(=O)[C@@](N)(CNC(=O)c2ccc(N3CCC(Nc4ncccn4)CC3)c(OC)c2)C(=O)O)cc1. The highest BCUT2D eigenvalue weighted by molar-refractivity contribution is 7.93. The van der Waals surface area contributed by atoms with Crippen LogP contribution in [0.1, 0.15) is 23.2 Å². The minimum absolute atomic E-state index is 0.151. The van der Waals surface area contributed by atoms with E-state index < -0.39 is 33.1 Å². The van der Waals surface area contributed by atoms with Crippen molar-refractivity contribution in [1.29, 1.82) is 0 Å². The van der Waals surface area contributed by atoms with E-state index in [1.807, 2.05) is 0 Å². The number of benzene rings is 2. The molecule has 1 aromatic heterocycles. The van der Waals surface area contributed by atoms with Gasteiger partial charge in [-0.3, -0.25) is 4.79 Å². The minimum Gasteiger partial charge on any atom is -0.497 e. The molecule has 1 atom stereocenters. The Balaban J connectivity index is 1.43. The third kappa shape index (κ3) is 6.33. The van der Waals surface area contributed by atoms with Crippen molar-refractivity contribution in [2.24, 2.45) is 5.73 Å². The van der Waals surface area contributed by atoms with E-state index in [2.05, 4.69) is 25.5 Å². The first-order valence-corrected chi connectivity index (χ1v) is 14.2. The second-order valence-electron chi connectivity index (χ2n) is 9.42. The van der Waals surface area contributed by atoms with E-state index in [1.54, 1.807) is 30.6 Å². The van der Waals surface area contributed by atoms with Crippen molar-refractivity contribution in [2.45, 2.75) is 28.6 Å². The van der Waals surface area contributed by atoms with Crippen molar-refractivity contribution < 1.29 is 32.6 Å². The van der Waals surface area contributed by atoms with Crippen LogP contribution >= 0.6 is 0 Å². The fraction of sp³-hybridized carbons (Fsp3) is 0.333. The number of hydrogen-bond donors (Lipinski definition) is 4. The number of carbonyl (C=O) groups excluding carboxylic acids is 1. The van der Waals surface area contributed by atoms with Crippen LogP contribution in [0.15, 0.2) is 65.8 Å². The predicted molar refractivity (Wildman–Crippen MR) is 151 cm³/mol. The average Bonchev–Trinajstić information content (AvgIpc) is 3.00. The first-order chi connectivity index (χ1) is 19.6. The van der Waals surface area contributed by atoms with E-state index in [4.69, 9.17) is 15.2 Å². The second-order valence-corrected chi connectivity index (χ2v) is 11.6. The zero-order valence-electron chi connectivity index (χ0n) is 22.6. The number of ether oxygens (including phenoxy) is 2. The molecule has 1 amide bonds. The number of nitrogens with two attached hydrogens (primary N) is 1. The number of rotatable bonds is 11. The molecule has 0 bridgehead atoms. The summed E-state index contributed by atoms with van der Waals surface area (Å²) in [5, 5.41) is 15.5. The van der Waals surface area contributed by atoms with Crippen molar-refractivity contribution in [3.8, 4) is 11.5 Å². The van der Waals surface area contributed by atoms with E-state index in [0.717, 1.165) is 31.6 Å². The summed E-state index contributed by atoms with van der Waals surface area (Å²) in [7, 11) is -1.70. The molecule has 2 heterocycles. The van der Waals surface area contributed by atoms with Gasteiger partial charge in [0.05, 0.1) is 31.3 Å². The lowest BCUT2D eigenvalue weighted by Gasteiger charge is -2.34. The Hall–Kier alpha value is -4.43. The van der Waals surface area contributed by atoms with Crippen LogP contribution in [-0.4, -0.2) is 80.1 Å². The molecule has 5 N–H and O–H groups in total. The van der Waals surface area contributed by atoms with Crippen LogP contribution in [0.2, 0.25) is 0 Å². The number of nitrogens with zero attached hydrogens (tertiary/aromatic N) is 3. The molecule has 14 heteroatoms. The quantitative estimate of drug-likeness (QED) is 0.255. The van der Waals surface area contributed by atoms with Crippen molar-refractivity contribution in [1.82, 2.24) is 15.3 Å². The second kappa shape index (κ2) is 12.4. The first kappa shape index (κ1) is 29.6. The Labute approximate surface area is 237 Å². The molecule has 1 saturated heterocycles. The van der Waals surface area contributed by atoms with Crippen LogP contribution in [0, 0.1) is 0 Å². The number of hydrogen-bond acceptors (Lipinski definition) is 11. The Morgan fingerprint density at radius 2 is 1.73 bits per heavy atom. The van der Waals surface area contributed by atoms with E-state index in [-0.39, 0.29) is 16.5 Å². The van der Waals surface area contributed by atoms with Crippen molar-refractivity contribution >= 4 is 33.3 Å². The molecule has 0 aliphatic carbocycles. The third-order valence-corrected chi connectivity index (χ3v) is 9.07. The fourth-order valence-corrected chi connectivity index (χ4v) is 5.87. The van der Waals surface area contributed by atoms with Gasteiger partial charge in [0, 0.05) is 37.1 Å². The Kier molecular flexibility index (Phi) is 8.93. The smallest absolute Gasteiger partial charge is 0.341 e. The molecule has 1 fully saturated rings. The summed E-state index contributed by atoms with van der Waals surface area (Å²) in [5.41, 5.74) is 6.85. The molecular weight excluding hydrogens is 552 g/mol. The van der Waals surface area contributed by atoms with Gasteiger partial charge < -0.3 is 35.8 Å². The summed E-state index contributed by atoms with van der Waals surface area (Å²) in [5.74, 6) is -1.10. The van der Waals surface area contributed by atoms with Crippen LogP contribution in [0.25, 0.3) is 0 Å². The molecule has 0 spiro atoms. The summed E-state index contributed by atoms with van der Waals surface area (Å²) in [6.45, 7) is 0.582. The molecule has 1 aliphatic heterocycles. The highest BCUT2D eigenvalue weighted by Crippen LogP contribution is 2.32. The number of nitrogens with one attached hydrogen (secondary N) is 2. The van der Waals surface area contributed by atoms with Gasteiger partial charge in [-0.25, -0.2) is 23.2 Å². The van der Waals surface area contributed by atoms with E-state index in [0.29, 0.717) is 17.4 Å². The number of carboxylic acids is 1. The molecule has 0 unspecified atom stereocenters. The lowest BCUT2D eigenvalue weighted by molar-refractivity contribution is -0.139. The molecule has 13 nitrogen and oxygen atoms in total. The molecule has 1 aliphatic rings. The molecule has 0 saturated carbocycles. The van der Waals surface area contributed by atoms with Crippen LogP contribution in [-0.2, 0) is 14.6 Å². The summed E-state index contributed by atoms with van der Waals surface area (Å²) >= 11 is 0. The van der Waals surface area contributed by atoms with E-state index in [1.165, 1.54) is 44.6 Å². The van der Waals surface area contributed by atoms with Crippen molar-refractivity contribution in [2.75, 3.05) is 44.1 Å². The van der Waals surface area contributed by atoms with E-state index >= 15 is 0 Å². The maximum atomic E-state index is 13.2. The number of piperidine rings is 1. The van der Waals surface area contributed by atoms with Crippen molar-refractivity contribution in [3.63, 3.8) is 0 Å². The Morgan fingerprint density at radius 1 is 1.07 bits per heavy atom. The average molecular weight is 585 g/mol. The van der Waals surface area contributed by atoms with Gasteiger partial charge in [-0.05, 0) is 61.4 Å². The van der Waals surface area contributed by atoms with Gasteiger partial charge in [0.2, 0.25) is 20.7 Å². The number of carbonyl (C=O) groups is 2. The monoisotopic (exact) mass is 584 g/mol. The topological polar surface area (TPSA) is 186 Å². The maximum Gasteiger partial charge on any atom is 0.341 e. The number of amides is 1. The molecule has 0 radical (unpaired) electrons. The molecular formula is C27H32N6O7S. The van der Waals surface area contributed by atoms with Gasteiger partial charge in [-0.1, -0.05) is 0 Å². The maximum absolute atomic E-state index is 13.2. The standard InChI is InChI=1S/C27H32N6O7S/c1-39-20-5-7-21(8-6-20)41(37,38)27(28,25(35)36)17-31-24(34)18-4-9-22(23(16-18)40-2)33-14-10-19(11-15-33)32-26-29-12-3-13-30-26/h3-9,12-13,16,19H,10-11,14-15,17,28H2,1-2H3,(H,31,34)(H,35,36)(H,29,30,32)/t27-/m0/s1. The van der Waals surface area contributed by atoms with Gasteiger partial charge in [-0.15, -0.1) is 0 Å². The van der Waals surface area contributed by atoms with E-state index in [9.17, 15) is 23.1 Å². The third-order valence-electron chi connectivity index (χ3n) is 6.90. The summed E-state index contributed by atoms with van der Waals surface area (Å²) in [6.07, 6.45) is 5.03. The highest BCUT2D eigenvalue weighted by Gasteiger charge is 2.49. The summed E-state index contributed by atoms with van der Waals surface area (Å²) in [6, 6.07) is 11.9. The summed E-state index contributed by atoms with van der Waals surface area (Å²) < 4.78 is 36.9.